The summed E-state index contributed by atoms with van der Waals surface area (Å²) in [6.45, 7) is 0.717. The molecule has 1 aliphatic carbocycles. The van der Waals surface area contributed by atoms with E-state index in [-0.39, 0.29) is 30.2 Å². The molecule has 1 N–H and O–H groups in total. The van der Waals surface area contributed by atoms with Crippen LogP contribution in [0.1, 0.15) is 35.8 Å². The number of rotatable bonds is 6. The lowest BCUT2D eigenvalue weighted by Crippen LogP contribution is -2.43. The molecule has 0 bridgehead atoms. The van der Waals surface area contributed by atoms with Crippen LogP contribution in [-0.4, -0.2) is 42.9 Å². The number of carbonyl (C=O) groups excluding carboxylic acids is 1. The Kier molecular flexibility index (Phi) is 4.61. The summed E-state index contributed by atoms with van der Waals surface area (Å²) in [6, 6.07) is 1.06. The van der Waals surface area contributed by atoms with Crippen molar-refractivity contribution < 1.29 is 31.8 Å². The molecule has 0 radical (unpaired) electrons. The topological polar surface area (TPSA) is 60.5 Å². The summed E-state index contributed by atoms with van der Waals surface area (Å²) in [4.78, 5) is 16.0. The van der Waals surface area contributed by atoms with Crippen LogP contribution in [0.5, 0.6) is 5.75 Å². The van der Waals surface area contributed by atoms with Gasteiger partial charge >= 0.3 is 6.18 Å². The van der Waals surface area contributed by atoms with E-state index in [9.17, 15) is 22.4 Å². The minimum atomic E-state index is -4.62. The summed E-state index contributed by atoms with van der Waals surface area (Å²) in [5.74, 6) is -0.437. The number of ether oxygens (including phenoxy) is 2. The average molecular weight is 362 g/mol. The number of hydrogen-bond acceptors (Lipinski definition) is 4. The van der Waals surface area contributed by atoms with Gasteiger partial charge in [0.25, 0.3) is 5.91 Å². The molecule has 5 nitrogen and oxygen atoms in total. The number of nitrogens with zero attached hydrogens (tertiary/aromatic N) is 1. The zero-order valence-electron chi connectivity index (χ0n) is 13.5. The molecule has 2 aliphatic rings. The van der Waals surface area contributed by atoms with Crippen LogP contribution < -0.4 is 10.1 Å². The Balaban J connectivity index is 1.84. The number of nitrogens with one attached hydrogen (secondary N) is 1. The van der Waals surface area contributed by atoms with Crippen LogP contribution in [0.15, 0.2) is 12.3 Å². The molecular formula is C16H18F4N2O3. The molecule has 1 aliphatic heterocycles. The average Bonchev–Trinajstić information content (AvgIpc) is 3.33. The first-order valence-electron chi connectivity index (χ1n) is 7.98. The minimum Gasteiger partial charge on any atom is -0.481 e. The van der Waals surface area contributed by atoms with Crippen LogP contribution in [0.2, 0.25) is 0 Å². The van der Waals surface area contributed by atoms with Gasteiger partial charge < -0.3 is 14.8 Å². The molecule has 1 aromatic heterocycles. The summed E-state index contributed by atoms with van der Waals surface area (Å²) in [7, 11) is 0. The Bertz CT molecular complexity index is 657. The summed E-state index contributed by atoms with van der Waals surface area (Å²) < 4.78 is 62.7. The maximum Gasteiger partial charge on any atom is 0.425 e. The third kappa shape index (κ3) is 4.02. The molecule has 0 aromatic carbocycles. The van der Waals surface area contributed by atoms with E-state index in [1.807, 2.05) is 0 Å². The summed E-state index contributed by atoms with van der Waals surface area (Å²) in [5, 5.41) is 2.66. The highest BCUT2D eigenvalue weighted by Gasteiger charge is 2.45. The van der Waals surface area contributed by atoms with Crippen LogP contribution in [0.25, 0.3) is 0 Å². The number of hydrogen-bond donors (Lipinski definition) is 1. The molecule has 1 saturated heterocycles. The van der Waals surface area contributed by atoms with Gasteiger partial charge in [-0.3, -0.25) is 9.78 Å². The van der Waals surface area contributed by atoms with Gasteiger partial charge in [0.2, 0.25) is 0 Å². The van der Waals surface area contributed by atoms with E-state index < -0.39 is 23.9 Å². The smallest absolute Gasteiger partial charge is 0.425 e. The summed E-state index contributed by atoms with van der Waals surface area (Å²) >= 11 is 0. The maximum atomic E-state index is 14.6. The van der Waals surface area contributed by atoms with Gasteiger partial charge in [0.1, 0.15) is 11.4 Å². The predicted octanol–water partition coefficient (Wildman–Crippen LogP) is 2.75. The lowest BCUT2D eigenvalue weighted by Gasteiger charge is -2.35. The molecule has 2 heterocycles. The first-order chi connectivity index (χ1) is 11.7. The van der Waals surface area contributed by atoms with Crippen molar-refractivity contribution in [2.24, 2.45) is 5.92 Å². The fraction of sp³-hybridized carbons (Fsp3) is 0.625. The highest BCUT2D eigenvalue weighted by molar-refractivity contribution is 5.92. The number of aromatic nitrogens is 1. The van der Waals surface area contributed by atoms with E-state index in [1.54, 1.807) is 0 Å². The van der Waals surface area contributed by atoms with E-state index in [1.165, 1.54) is 0 Å². The Morgan fingerprint density at radius 1 is 1.48 bits per heavy atom. The minimum absolute atomic E-state index is 0.113. The molecule has 0 spiro atoms. The second-order valence-electron chi connectivity index (χ2n) is 6.48. The molecule has 0 unspecified atom stereocenters. The molecule has 138 valence electrons. The third-order valence-corrected chi connectivity index (χ3v) is 4.26. The zero-order chi connectivity index (χ0) is 18.2. The van der Waals surface area contributed by atoms with Gasteiger partial charge in [-0.1, -0.05) is 0 Å². The van der Waals surface area contributed by atoms with Gasteiger partial charge in [-0.25, -0.2) is 4.39 Å². The van der Waals surface area contributed by atoms with Crippen LogP contribution in [-0.2, 0) is 10.4 Å². The van der Waals surface area contributed by atoms with E-state index in [0.717, 1.165) is 32.0 Å². The quantitative estimate of drug-likeness (QED) is 0.791. The lowest BCUT2D eigenvalue weighted by molar-refractivity contribution is -0.190. The van der Waals surface area contributed by atoms with Gasteiger partial charge in [0, 0.05) is 18.8 Å². The second-order valence-corrected chi connectivity index (χ2v) is 6.48. The van der Waals surface area contributed by atoms with Gasteiger partial charge in [-0.05, 0) is 25.7 Å². The van der Waals surface area contributed by atoms with Gasteiger partial charge in [0.05, 0.1) is 18.8 Å². The molecular weight excluding hydrogens is 344 g/mol. The van der Waals surface area contributed by atoms with Crippen molar-refractivity contribution in [2.45, 2.75) is 37.7 Å². The maximum absolute atomic E-state index is 14.6. The number of halogens is 4. The van der Waals surface area contributed by atoms with Crippen molar-refractivity contribution in [1.29, 1.82) is 0 Å². The molecule has 3 rings (SSSR count). The lowest BCUT2D eigenvalue weighted by atomic mass is 9.94. The van der Waals surface area contributed by atoms with Crippen molar-refractivity contribution in [1.82, 2.24) is 10.3 Å². The Morgan fingerprint density at radius 3 is 2.68 bits per heavy atom. The van der Waals surface area contributed by atoms with Gasteiger partial charge in [-0.2, -0.15) is 13.2 Å². The SMILES string of the molecule is C[C@H](Oc1cc(C(=O)NCC2CC2)ncc1C1(F)COC1)C(F)(F)F. The Hall–Kier alpha value is -1.90. The summed E-state index contributed by atoms with van der Waals surface area (Å²) in [6.07, 6.45) is -3.65. The van der Waals surface area contributed by atoms with E-state index in [4.69, 9.17) is 9.47 Å². The van der Waals surface area contributed by atoms with Crippen LogP contribution >= 0.6 is 0 Å². The van der Waals surface area contributed by atoms with Crippen LogP contribution in [0, 0.1) is 5.92 Å². The van der Waals surface area contributed by atoms with E-state index >= 15 is 0 Å². The number of amides is 1. The second kappa shape index (κ2) is 6.44. The number of carbonyl (C=O) groups is 1. The largest absolute Gasteiger partial charge is 0.481 e. The van der Waals surface area contributed by atoms with Gasteiger partial charge in [-0.15, -0.1) is 0 Å². The highest BCUT2D eigenvalue weighted by Crippen LogP contribution is 2.40. The molecule has 9 heteroatoms. The monoisotopic (exact) mass is 362 g/mol. The van der Waals surface area contributed by atoms with E-state index in [0.29, 0.717) is 12.5 Å². The Morgan fingerprint density at radius 2 is 2.16 bits per heavy atom. The fourth-order valence-electron chi connectivity index (χ4n) is 2.34. The molecule has 25 heavy (non-hydrogen) atoms. The molecule has 2 fully saturated rings. The molecule has 1 saturated carbocycles. The number of alkyl halides is 4. The van der Waals surface area contributed by atoms with Crippen molar-refractivity contribution in [3.63, 3.8) is 0 Å². The van der Waals surface area contributed by atoms with Crippen molar-refractivity contribution in [3.8, 4) is 5.75 Å². The molecule has 1 amide bonds. The van der Waals surface area contributed by atoms with Crippen LogP contribution in [0.3, 0.4) is 0 Å². The summed E-state index contributed by atoms with van der Waals surface area (Å²) in [5.41, 5.74) is -2.22. The van der Waals surface area contributed by atoms with Crippen molar-refractivity contribution in [2.75, 3.05) is 19.8 Å². The number of pyridine rings is 1. The normalized spacial score (nSPS) is 20.5. The fourth-order valence-corrected chi connectivity index (χ4v) is 2.34. The molecule has 1 atom stereocenters. The first kappa shape index (κ1) is 17.9. The molecule has 1 aromatic rings. The van der Waals surface area contributed by atoms with E-state index in [2.05, 4.69) is 10.3 Å². The predicted molar refractivity (Wildman–Crippen MR) is 79.0 cm³/mol. The highest BCUT2D eigenvalue weighted by atomic mass is 19.4. The third-order valence-electron chi connectivity index (χ3n) is 4.26. The first-order valence-corrected chi connectivity index (χ1v) is 7.98. The zero-order valence-corrected chi connectivity index (χ0v) is 13.5. The van der Waals surface area contributed by atoms with Crippen molar-refractivity contribution in [3.05, 3.63) is 23.5 Å². The van der Waals surface area contributed by atoms with Crippen molar-refractivity contribution >= 4 is 5.91 Å². The van der Waals surface area contributed by atoms with Gasteiger partial charge in [0.15, 0.2) is 11.8 Å². The standard InChI is InChI=1S/C16H18F4N2O3/c1-9(16(18,19)20)25-13-4-12(14(23)22-5-10-2-3-10)21-6-11(13)15(17)7-24-8-15/h4,6,9-10H,2-3,5,7-8H2,1H3,(H,22,23)/t9-/m0/s1. The Labute approximate surface area is 141 Å². The van der Waals surface area contributed by atoms with Crippen LogP contribution in [0.4, 0.5) is 17.6 Å².